The zero-order valence-corrected chi connectivity index (χ0v) is 14.9. The topological polar surface area (TPSA) is 64.1 Å². The third kappa shape index (κ3) is 3.51. The van der Waals surface area contributed by atoms with Crippen molar-refractivity contribution in [3.05, 3.63) is 76.2 Å². The average molecular weight is 382 g/mol. The Morgan fingerprint density at radius 2 is 1.92 bits per heavy atom. The van der Waals surface area contributed by atoms with Crippen LogP contribution in [0.5, 0.6) is 11.6 Å². The number of nitrogens with one attached hydrogen (secondary N) is 1. The summed E-state index contributed by atoms with van der Waals surface area (Å²) in [7, 11) is 0. The van der Waals surface area contributed by atoms with Gasteiger partial charge in [-0.15, -0.1) is 0 Å². The van der Waals surface area contributed by atoms with Gasteiger partial charge in [0.2, 0.25) is 5.88 Å². The van der Waals surface area contributed by atoms with Crippen molar-refractivity contribution in [1.82, 2.24) is 9.97 Å². The number of hydrogen-bond donors (Lipinski definition) is 1. The molecule has 0 saturated heterocycles. The van der Waals surface area contributed by atoms with Gasteiger partial charge in [-0.25, -0.2) is 9.97 Å². The summed E-state index contributed by atoms with van der Waals surface area (Å²) in [5.41, 5.74) is 2.04. The molecule has 0 radical (unpaired) electrons. The lowest BCUT2D eigenvalue weighted by atomic mass is 10.2. The van der Waals surface area contributed by atoms with Crippen molar-refractivity contribution in [3.8, 4) is 11.6 Å². The lowest BCUT2D eigenvalue weighted by molar-refractivity contribution is 0.102. The molecule has 0 spiro atoms. The van der Waals surface area contributed by atoms with E-state index < -0.39 is 0 Å². The van der Waals surface area contributed by atoms with Gasteiger partial charge in [-0.2, -0.15) is 11.3 Å². The standard InChI is InChI=1S/C19H12ClN3O2S/c20-13-1-6-16-17(9-13)21-11-22-19(16)25-15-4-2-14(3-5-15)23-18(24)12-7-8-26-10-12/h1-11H,(H,23,24). The molecule has 4 aromatic rings. The summed E-state index contributed by atoms with van der Waals surface area (Å²) in [5.74, 6) is 0.911. The second-order valence-electron chi connectivity index (χ2n) is 5.43. The zero-order chi connectivity index (χ0) is 17.9. The molecule has 0 unspecified atom stereocenters. The highest BCUT2D eigenvalue weighted by Crippen LogP contribution is 2.28. The number of carbonyl (C=O) groups is 1. The first-order valence-corrected chi connectivity index (χ1v) is 9.03. The smallest absolute Gasteiger partial charge is 0.256 e. The van der Waals surface area contributed by atoms with Crippen LogP contribution in [0.2, 0.25) is 5.02 Å². The number of nitrogens with zero attached hydrogens (tertiary/aromatic N) is 2. The lowest BCUT2D eigenvalue weighted by Gasteiger charge is -2.09. The Morgan fingerprint density at radius 3 is 2.69 bits per heavy atom. The van der Waals surface area contributed by atoms with Crippen LogP contribution < -0.4 is 10.1 Å². The predicted octanol–water partition coefficient (Wildman–Crippen LogP) is 5.39. The van der Waals surface area contributed by atoms with Crippen molar-refractivity contribution >= 4 is 45.4 Å². The molecule has 4 rings (SSSR count). The van der Waals surface area contributed by atoms with Crippen LogP contribution in [0.4, 0.5) is 5.69 Å². The zero-order valence-electron chi connectivity index (χ0n) is 13.3. The summed E-state index contributed by atoms with van der Waals surface area (Å²) in [6, 6.07) is 14.2. The molecule has 0 aliphatic heterocycles. The Hall–Kier alpha value is -2.96. The van der Waals surface area contributed by atoms with E-state index in [9.17, 15) is 4.79 Å². The van der Waals surface area contributed by atoms with Gasteiger partial charge >= 0.3 is 0 Å². The van der Waals surface area contributed by atoms with Crippen molar-refractivity contribution in [2.45, 2.75) is 0 Å². The number of fused-ring (bicyclic) bond motifs is 1. The molecule has 2 aromatic heterocycles. The molecule has 0 aliphatic carbocycles. The number of aromatic nitrogens is 2. The van der Waals surface area contributed by atoms with Crippen LogP contribution in [0.3, 0.4) is 0 Å². The van der Waals surface area contributed by atoms with E-state index in [0.29, 0.717) is 33.4 Å². The number of carbonyl (C=O) groups excluding carboxylic acids is 1. The Kier molecular flexibility index (Phi) is 4.51. The van der Waals surface area contributed by atoms with Crippen LogP contribution in [-0.2, 0) is 0 Å². The molecule has 0 bridgehead atoms. The number of benzene rings is 2. The number of thiophene rings is 1. The van der Waals surface area contributed by atoms with Crippen LogP contribution in [-0.4, -0.2) is 15.9 Å². The minimum absolute atomic E-state index is 0.140. The summed E-state index contributed by atoms with van der Waals surface area (Å²) in [4.78, 5) is 20.4. The SMILES string of the molecule is O=C(Nc1ccc(Oc2ncnc3cc(Cl)ccc23)cc1)c1ccsc1. The van der Waals surface area contributed by atoms with E-state index in [1.165, 1.54) is 17.7 Å². The van der Waals surface area contributed by atoms with Crippen molar-refractivity contribution in [1.29, 1.82) is 0 Å². The fraction of sp³-hybridized carbons (Fsp3) is 0. The van der Waals surface area contributed by atoms with E-state index in [-0.39, 0.29) is 5.91 Å². The third-order valence-electron chi connectivity index (χ3n) is 3.67. The van der Waals surface area contributed by atoms with Gasteiger partial charge in [-0.05, 0) is 53.9 Å². The quantitative estimate of drug-likeness (QED) is 0.514. The monoisotopic (exact) mass is 381 g/mol. The van der Waals surface area contributed by atoms with Gasteiger partial charge < -0.3 is 10.1 Å². The molecule has 0 aliphatic rings. The number of hydrogen-bond acceptors (Lipinski definition) is 5. The molecule has 26 heavy (non-hydrogen) atoms. The Bertz CT molecular complexity index is 1070. The van der Waals surface area contributed by atoms with E-state index >= 15 is 0 Å². The Labute approximate surface area is 158 Å². The van der Waals surface area contributed by atoms with Gasteiger partial charge in [-0.3, -0.25) is 4.79 Å². The maximum absolute atomic E-state index is 12.1. The largest absolute Gasteiger partial charge is 0.438 e. The van der Waals surface area contributed by atoms with Crippen molar-refractivity contribution in [2.75, 3.05) is 5.32 Å². The summed E-state index contributed by atoms with van der Waals surface area (Å²) < 4.78 is 5.86. The first-order chi connectivity index (χ1) is 12.7. The van der Waals surface area contributed by atoms with Crippen LogP contribution in [0.1, 0.15) is 10.4 Å². The fourth-order valence-electron chi connectivity index (χ4n) is 2.40. The molecule has 0 fully saturated rings. The minimum atomic E-state index is -0.140. The van der Waals surface area contributed by atoms with E-state index in [1.807, 2.05) is 11.4 Å². The summed E-state index contributed by atoms with van der Waals surface area (Å²) in [6.07, 6.45) is 1.43. The van der Waals surface area contributed by atoms with Gasteiger partial charge in [0.15, 0.2) is 0 Å². The summed E-state index contributed by atoms with van der Waals surface area (Å²) in [5, 5.41) is 7.89. The summed E-state index contributed by atoms with van der Waals surface area (Å²) >= 11 is 7.47. The summed E-state index contributed by atoms with van der Waals surface area (Å²) in [6.45, 7) is 0. The van der Waals surface area contributed by atoms with E-state index in [1.54, 1.807) is 47.8 Å². The van der Waals surface area contributed by atoms with Gasteiger partial charge in [0, 0.05) is 16.1 Å². The first-order valence-electron chi connectivity index (χ1n) is 7.71. The van der Waals surface area contributed by atoms with E-state index in [0.717, 1.165) is 5.39 Å². The van der Waals surface area contributed by atoms with Crippen LogP contribution in [0, 0.1) is 0 Å². The molecule has 1 N–H and O–H groups in total. The third-order valence-corrected chi connectivity index (χ3v) is 4.59. The molecule has 2 heterocycles. The van der Waals surface area contributed by atoms with Gasteiger partial charge in [0.05, 0.1) is 16.5 Å². The molecule has 7 heteroatoms. The fourth-order valence-corrected chi connectivity index (χ4v) is 3.20. The second kappa shape index (κ2) is 7.11. The molecule has 5 nitrogen and oxygen atoms in total. The normalized spacial score (nSPS) is 10.7. The Morgan fingerprint density at radius 1 is 1.08 bits per heavy atom. The highest BCUT2D eigenvalue weighted by molar-refractivity contribution is 7.08. The average Bonchev–Trinajstić information content (AvgIpc) is 3.18. The number of rotatable bonds is 4. The molecular weight excluding hydrogens is 370 g/mol. The number of halogens is 1. The maximum Gasteiger partial charge on any atom is 0.256 e. The Balaban J connectivity index is 1.52. The molecular formula is C19H12ClN3O2S. The minimum Gasteiger partial charge on any atom is -0.438 e. The van der Waals surface area contributed by atoms with E-state index in [4.69, 9.17) is 16.3 Å². The highest BCUT2D eigenvalue weighted by atomic mass is 35.5. The molecule has 2 aromatic carbocycles. The molecule has 0 atom stereocenters. The number of ether oxygens (including phenoxy) is 1. The van der Waals surface area contributed by atoms with Crippen LogP contribution in [0.15, 0.2) is 65.6 Å². The van der Waals surface area contributed by atoms with Crippen LogP contribution >= 0.6 is 22.9 Å². The van der Waals surface area contributed by atoms with Crippen LogP contribution in [0.25, 0.3) is 10.9 Å². The number of anilines is 1. The lowest BCUT2D eigenvalue weighted by Crippen LogP contribution is -2.10. The van der Waals surface area contributed by atoms with Gasteiger partial charge in [0.25, 0.3) is 5.91 Å². The van der Waals surface area contributed by atoms with Gasteiger partial charge in [-0.1, -0.05) is 11.6 Å². The van der Waals surface area contributed by atoms with E-state index in [2.05, 4.69) is 15.3 Å². The predicted molar refractivity (Wildman–Crippen MR) is 103 cm³/mol. The van der Waals surface area contributed by atoms with Crippen molar-refractivity contribution in [3.63, 3.8) is 0 Å². The van der Waals surface area contributed by atoms with Crippen molar-refractivity contribution < 1.29 is 9.53 Å². The first kappa shape index (κ1) is 16.5. The molecule has 0 saturated carbocycles. The van der Waals surface area contributed by atoms with Gasteiger partial charge in [0.1, 0.15) is 12.1 Å². The maximum atomic E-state index is 12.1. The molecule has 128 valence electrons. The second-order valence-corrected chi connectivity index (χ2v) is 6.65. The number of amides is 1. The highest BCUT2D eigenvalue weighted by Gasteiger charge is 2.08. The molecule has 1 amide bonds. The van der Waals surface area contributed by atoms with Crippen molar-refractivity contribution in [2.24, 2.45) is 0 Å².